The van der Waals surface area contributed by atoms with Gasteiger partial charge in [0.1, 0.15) is 0 Å². The quantitative estimate of drug-likeness (QED) is 0.134. The van der Waals surface area contributed by atoms with Gasteiger partial charge in [-0.3, -0.25) is 9.13 Å². The Morgan fingerprint density at radius 1 is 0.167 bits per heavy atom. The number of benzene rings is 19. The van der Waals surface area contributed by atoms with Crippen LogP contribution in [0, 0.1) is 0 Å². The molecule has 0 unspecified atom stereocenters. The van der Waals surface area contributed by atoms with Crippen LogP contribution in [-0.4, -0.2) is 48.6 Å². The molecule has 0 spiro atoms. The van der Waals surface area contributed by atoms with Crippen molar-refractivity contribution in [1.29, 1.82) is 0 Å². The first kappa shape index (κ1) is 76.4. The lowest BCUT2D eigenvalue weighted by Gasteiger charge is -2.12. The highest BCUT2D eigenvalue weighted by Gasteiger charge is 2.29. The standard InChI is InChI=1S/C44H27N3S.C38H23N3S.C37H22N4S/c1-3-13-28(14-4-1)36-27-37(29-15-5-2-6-16-29)46-44(45-36)30-23-25-31(26-24-30)47-38-21-11-9-19-34(38)40-32-17-7-8-18-33(32)41-35-20-10-12-22-39(35)48-43(41)42(40)47;1-3-13-24(14-4-1)30-23-31(25-15-5-2-6-16-25)40-38(39-30)41-32-21-11-9-19-28(32)34-26-17-7-8-18-27(26)35-29-20-10-12-22-33(29)42-37(35)36(34)41;1-3-13-23(14-4-1)35-38-36(24-15-5-2-6-16-24)40-37(39-35)41-29-21-11-9-19-27(29)31-25-17-7-8-18-26(25)32-28-20-10-12-22-30(28)42-34(32)33(31)41/h1-27H;1-23H;1-22H. The van der Waals surface area contributed by atoms with Gasteiger partial charge in [0.2, 0.25) is 11.9 Å². The number of hydrogen-bond donors (Lipinski definition) is 0. The van der Waals surface area contributed by atoms with Crippen molar-refractivity contribution in [2.75, 3.05) is 0 Å². The van der Waals surface area contributed by atoms with E-state index in [0.717, 1.165) is 89.5 Å². The number of nitrogens with zero attached hydrogens (tertiary/aromatic N) is 10. The molecule has 9 aromatic heterocycles. The van der Waals surface area contributed by atoms with E-state index in [9.17, 15) is 0 Å². The Balaban J connectivity index is 0.000000104. The molecule has 132 heavy (non-hydrogen) atoms. The van der Waals surface area contributed by atoms with Crippen LogP contribution in [0.2, 0.25) is 0 Å². The minimum atomic E-state index is 0.614. The average molecular weight is 1740 g/mol. The van der Waals surface area contributed by atoms with E-state index in [4.69, 9.17) is 34.9 Å². The zero-order valence-electron chi connectivity index (χ0n) is 70.8. The maximum atomic E-state index is 5.27. The molecule has 0 aliphatic rings. The smallest absolute Gasteiger partial charge is 0.238 e. The molecule has 616 valence electrons. The molecule has 0 fully saturated rings. The number of thiophene rings is 3. The first-order valence-corrected chi connectivity index (χ1v) is 46.7. The summed E-state index contributed by atoms with van der Waals surface area (Å²) < 4.78 is 14.7. The van der Waals surface area contributed by atoms with Gasteiger partial charge in [0.25, 0.3) is 0 Å². The highest BCUT2D eigenvalue weighted by molar-refractivity contribution is 7.28. The number of para-hydroxylation sites is 3. The van der Waals surface area contributed by atoms with Crippen molar-refractivity contribution in [3.63, 3.8) is 0 Å². The molecule has 0 aliphatic carbocycles. The molecule has 13 heteroatoms. The summed E-state index contributed by atoms with van der Waals surface area (Å²) in [4.78, 5) is 36.0. The summed E-state index contributed by atoms with van der Waals surface area (Å²) in [5.74, 6) is 3.30. The summed E-state index contributed by atoms with van der Waals surface area (Å²) in [6.45, 7) is 0. The summed E-state index contributed by atoms with van der Waals surface area (Å²) in [5.41, 5.74) is 18.8. The van der Waals surface area contributed by atoms with Crippen LogP contribution in [0.4, 0.5) is 0 Å². The Morgan fingerprint density at radius 3 is 0.735 bits per heavy atom. The molecule has 9 heterocycles. The van der Waals surface area contributed by atoms with Crippen LogP contribution in [0.1, 0.15) is 0 Å². The molecule has 0 atom stereocenters. The van der Waals surface area contributed by atoms with Gasteiger partial charge in [0.05, 0.1) is 70.0 Å². The third-order valence-electron chi connectivity index (χ3n) is 25.6. The van der Waals surface area contributed by atoms with Gasteiger partial charge < -0.3 is 4.57 Å². The van der Waals surface area contributed by atoms with Gasteiger partial charge in [0.15, 0.2) is 17.5 Å². The monoisotopic (exact) mass is 1740 g/mol. The van der Waals surface area contributed by atoms with E-state index in [-0.39, 0.29) is 0 Å². The van der Waals surface area contributed by atoms with Gasteiger partial charge in [-0.1, -0.05) is 364 Å². The molecule has 0 radical (unpaired) electrons. The predicted octanol–water partition coefficient (Wildman–Crippen LogP) is 32.3. The van der Waals surface area contributed by atoms with Crippen molar-refractivity contribution in [3.05, 3.63) is 437 Å². The van der Waals surface area contributed by atoms with Crippen molar-refractivity contribution in [2.24, 2.45) is 0 Å². The molecular weight excluding hydrogens is 1670 g/mol. The number of rotatable bonds is 10. The second-order valence-corrected chi connectivity index (χ2v) is 36.4. The lowest BCUT2D eigenvalue weighted by molar-refractivity contribution is 0.955. The Kier molecular flexibility index (Phi) is 18.3. The van der Waals surface area contributed by atoms with Crippen LogP contribution >= 0.6 is 34.0 Å². The molecule has 0 N–H and O–H groups in total. The van der Waals surface area contributed by atoms with Crippen molar-refractivity contribution in [3.8, 4) is 96.8 Å². The summed E-state index contributed by atoms with van der Waals surface area (Å²) >= 11 is 5.58. The summed E-state index contributed by atoms with van der Waals surface area (Å²) in [7, 11) is 0. The van der Waals surface area contributed by atoms with Gasteiger partial charge in [-0.15, -0.1) is 34.0 Å². The normalized spacial score (nSPS) is 11.8. The average Bonchev–Trinajstić information content (AvgIpc) is 1.55. The van der Waals surface area contributed by atoms with E-state index >= 15 is 0 Å². The first-order chi connectivity index (χ1) is 65.5. The highest BCUT2D eigenvalue weighted by atomic mass is 32.1. The van der Waals surface area contributed by atoms with Crippen LogP contribution in [0.5, 0.6) is 0 Å². The summed E-state index contributed by atoms with van der Waals surface area (Å²) in [5, 5.41) is 22.8. The molecule has 10 nitrogen and oxygen atoms in total. The SMILES string of the molecule is c1ccc(-c2cc(-c3ccccc3)nc(-c3ccc(-n4c5ccccc5c5c6ccccc6c6c7ccccc7sc6c54)cc3)n2)cc1.c1ccc(-c2cc(-c3ccccc3)nc(-n3c4ccccc4c4c5ccccc5c5c6ccccc6sc5c43)n2)cc1.c1ccc(-c2nc(-c3ccccc3)nc(-n3c4ccccc4c4c5ccccc5c5c6ccccc6sc5c43)n2)cc1. The van der Waals surface area contributed by atoms with Crippen molar-refractivity contribution in [1.82, 2.24) is 48.6 Å². The maximum Gasteiger partial charge on any atom is 0.238 e. The second kappa shape index (κ2) is 31.6. The van der Waals surface area contributed by atoms with E-state index in [1.807, 2.05) is 94.7 Å². The van der Waals surface area contributed by atoms with E-state index < -0.39 is 0 Å². The number of aromatic nitrogens is 10. The van der Waals surface area contributed by atoms with Crippen molar-refractivity contribution in [2.45, 2.75) is 0 Å². The Hall–Kier alpha value is -16.8. The minimum Gasteiger partial charge on any atom is -0.308 e. The van der Waals surface area contributed by atoms with Gasteiger partial charge in [-0.05, 0) is 105 Å². The van der Waals surface area contributed by atoms with Crippen LogP contribution in [0.3, 0.4) is 0 Å². The van der Waals surface area contributed by atoms with Gasteiger partial charge >= 0.3 is 0 Å². The van der Waals surface area contributed by atoms with E-state index in [2.05, 4.69) is 390 Å². The zero-order valence-corrected chi connectivity index (χ0v) is 73.2. The van der Waals surface area contributed by atoms with Crippen LogP contribution in [0.25, 0.3) is 255 Å². The molecule has 0 saturated heterocycles. The van der Waals surface area contributed by atoms with E-state index in [0.29, 0.717) is 29.4 Å². The van der Waals surface area contributed by atoms with E-state index in [1.54, 1.807) is 0 Å². The zero-order chi connectivity index (χ0) is 86.9. The van der Waals surface area contributed by atoms with Gasteiger partial charge in [-0.2, -0.15) is 9.97 Å². The molecular formula is C119H72N10S3. The molecule has 0 aliphatic heterocycles. The van der Waals surface area contributed by atoms with Crippen molar-refractivity contribution < 1.29 is 0 Å². The molecule has 0 saturated carbocycles. The third kappa shape index (κ3) is 12.6. The van der Waals surface area contributed by atoms with Crippen molar-refractivity contribution >= 4 is 192 Å². The molecule has 28 rings (SSSR count). The van der Waals surface area contributed by atoms with Crippen LogP contribution in [-0.2, 0) is 0 Å². The summed E-state index contributed by atoms with van der Waals surface area (Å²) in [6, 6.07) is 154. The second-order valence-electron chi connectivity index (χ2n) is 33.2. The Morgan fingerprint density at radius 2 is 0.402 bits per heavy atom. The molecule has 0 amide bonds. The number of hydrogen-bond acceptors (Lipinski definition) is 10. The van der Waals surface area contributed by atoms with Gasteiger partial charge in [0, 0.05) is 123 Å². The fourth-order valence-electron chi connectivity index (χ4n) is 19.9. The Labute approximate surface area is 768 Å². The minimum absolute atomic E-state index is 0.614. The number of fused-ring (bicyclic) bond motifs is 30. The highest BCUT2D eigenvalue weighted by Crippen LogP contribution is 2.53. The fraction of sp³-hybridized carbons (Fsp3) is 0. The topological polar surface area (TPSA) is 105 Å². The molecule has 28 aromatic rings. The lowest BCUT2D eigenvalue weighted by Crippen LogP contribution is -2.06. The van der Waals surface area contributed by atoms with E-state index in [1.165, 1.54) is 136 Å². The molecule has 0 bridgehead atoms. The lowest BCUT2D eigenvalue weighted by atomic mass is 9.99. The van der Waals surface area contributed by atoms with Gasteiger partial charge in [-0.25, -0.2) is 24.9 Å². The largest absolute Gasteiger partial charge is 0.308 e. The first-order valence-electron chi connectivity index (χ1n) is 44.3. The third-order valence-corrected chi connectivity index (χ3v) is 29.2. The maximum absolute atomic E-state index is 5.27. The Bertz CT molecular complexity index is 8940. The predicted molar refractivity (Wildman–Crippen MR) is 556 cm³/mol. The van der Waals surface area contributed by atoms with Crippen LogP contribution < -0.4 is 0 Å². The molecule has 19 aromatic carbocycles. The summed E-state index contributed by atoms with van der Waals surface area (Å²) in [6.07, 6.45) is 0. The fourth-order valence-corrected chi connectivity index (χ4v) is 23.6. The van der Waals surface area contributed by atoms with Crippen LogP contribution in [0.15, 0.2) is 437 Å².